The lowest BCUT2D eigenvalue weighted by atomic mass is 10.1. The second-order valence-corrected chi connectivity index (χ2v) is 3.69. The van der Waals surface area contributed by atoms with E-state index in [0.717, 1.165) is 17.4 Å². The molecule has 0 saturated heterocycles. The molecule has 1 heterocycles. The smallest absolute Gasteiger partial charge is 0.371 e. The maximum absolute atomic E-state index is 10.7. The van der Waals surface area contributed by atoms with Crippen molar-refractivity contribution in [2.24, 2.45) is 5.73 Å². The van der Waals surface area contributed by atoms with Gasteiger partial charge in [0.1, 0.15) is 5.58 Å². The molecule has 3 N–H and O–H groups in total. The summed E-state index contributed by atoms with van der Waals surface area (Å²) in [6.07, 6.45) is 4.77. The molecule has 0 unspecified atom stereocenters. The Morgan fingerprint density at radius 3 is 2.94 bits per heavy atom. The van der Waals surface area contributed by atoms with Gasteiger partial charge in [-0.3, -0.25) is 0 Å². The summed E-state index contributed by atoms with van der Waals surface area (Å²) in [4.78, 5) is 10.7. The molecule has 1 aromatic carbocycles. The third kappa shape index (κ3) is 2.54. The summed E-state index contributed by atoms with van der Waals surface area (Å²) in [7, 11) is 0. The van der Waals surface area contributed by atoms with Crippen LogP contribution >= 0.6 is 0 Å². The van der Waals surface area contributed by atoms with Crippen molar-refractivity contribution in [3.8, 4) is 0 Å². The number of rotatable bonds is 4. The largest absolute Gasteiger partial charge is 0.475 e. The SMILES string of the molecule is NCCC=Cc1ccc2oc(C(=O)O)cc2c1. The van der Waals surface area contributed by atoms with Gasteiger partial charge in [0.15, 0.2) is 0 Å². The van der Waals surface area contributed by atoms with E-state index in [1.54, 1.807) is 6.07 Å². The van der Waals surface area contributed by atoms with E-state index >= 15 is 0 Å². The number of hydrogen-bond donors (Lipinski definition) is 2. The van der Waals surface area contributed by atoms with Crippen LogP contribution < -0.4 is 5.73 Å². The molecule has 0 saturated carbocycles. The Kier molecular flexibility index (Phi) is 3.25. The zero-order chi connectivity index (χ0) is 12.3. The molecule has 0 radical (unpaired) electrons. The molecule has 17 heavy (non-hydrogen) atoms. The van der Waals surface area contributed by atoms with Gasteiger partial charge in [-0.05, 0) is 36.7 Å². The van der Waals surface area contributed by atoms with Gasteiger partial charge in [0.05, 0.1) is 0 Å². The van der Waals surface area contributed by atoms with Gasteiger partial charge in [-0.25, -0.2) is 4.79 Å². The molecule has 1 aromatic heterocycles. The molecule has 4 nitrogen and oxygen atoms in total. The zero-order valence-electron chi connectivity index (χ0n) is 9.22. The Bertz CT molecular complexity index is 569. The number of benzene rings is 1. The van der Waals surface area contributed by atoms with Crippen molar-refractivity contribution in [3.05, 3.63) is 41.7 Å². The van der Waals surface area contributed by atoms with Gasteiger partial charge in [-0.2, -0.15) is 0 Å². The first-order valence-corrected chi connectivity index (χ1v) is 5.34. The van der Waals surface area contributed by atoms with E-state index in [0.29, 0.717) is 12.1 Å². The van der Waals surface area contributed by atoms with E-state index in [2.05, 4.69) is 0 Å². The number of carboxylic acids is 1. The monoisotopic (exact) mass is 231 g/mol. The molecular formula is C13H13NO3. The van der Waals surface area contributed by atoms with Crippen LogP contribution in [0.1, 0.15) is 22.5 Å². The lowest BCUT2D eigenvalue weighted by Crippen LogP contribution is -1.94. The van der Waals surface area contributed by atoms with E-state index < -0.39 is 5.97 Å². The fraction of sp³-hybridized carbons (Fsp3) is 0.154. The van der Waals surface area contributed by atoms with Gasteiger partial charge in [-0.1, -0.05) is 18.2 Å². The summed E-state index contributed by atoms with van der Waals surface area (Å²) < 4.78 is 5.17. The highest BCUT2D eigenvalue weighted by Crippen LogP contribution is 2.21. The zero-order valence-corrected chi connectivity index (χ0v) is 9.22. The number of hydrogen-bond acceptors (Lipinski definition) is 3. The average Bonchev–Trinajstić information content (AvgIpc) is 2.72. The van der Waals surface area contributed by atoms with Crippen LogP contribution in [0, 0.1) is 0 Å². The van der Waals surface area contributed by atoms with Crippen molar-refractivity contribution in [1.29, 1.82) is 0 Å². The Balaban J connectivity index is 2.33. The van der Waals surface area contributed by atoms with Crippen LogP contribution in [0.4, 0.5) is 0 Å². The molecule has 0 spiro atoms. The van der Waals surface area contributed by atoms with Crippen molar-refractivity contribution >= 4 is 23.0 Å². The molecule has 0 aliphatic carbocycles. The number of aromatic carboxylic acids is 1. The van der Waals surface area contributed by atoms with Crippen LogP contribution in [0.3, 0.4) is 0 Å². The van der Waals surface area contributed by atoms with E-state index in [1.807, 2.05) is 24.3 Å². The third-order valence-corrected chi connectivity index (χ3v) is 2.39. The topological polar surface area (TPSA) is 76.5 Å². The minimum absolute atomic E-state index is 0.0388. The standard InChI is InChI=1S/C13H13NO3/c14-6-2-1-3-9-4-5-11-10(7-9)8-12(17-11)13(15)16/h1,3-5,7-8H,2,6,14H2,(H,15,16). The third-order valence-electron chi connectivity index (χ3n) is 2.39. The maximum Gasteiger partial charge on any atom is 0.371 e. The Morgan fingerprint density at radius 2 is 2.24 bits per heavy atom. The molecule has 0 fully saturated rings. The van der Waals surface area contributed by atoms with Crippen LogP contribution in [0.2, 0.25) is 0 Å². The second-order valence-electron chi connectivity index (χ2n) is 3.69. The van der Waals surface area contributed by atoms with Crippen molar-refractivity contribution < 1.29 is 14.3 Å². The minimum atomic E-state index is -1.05. The number of fused-ring (bicyclic) bond motifs is 1. The first-order valence-electron chi connectivity index (χ1n) is 5.34. The van der Waals surface area contributed by atoms with Gasteiger partial charge >= 0.3 is 5.97 Å². The Hall–Kier alpha value is -2.07. The molecule has 0 atom stereocenters. The summed E-state index contributed by atoms with van der Waals surface area (Å²) >= 11 is 0. The van der Waals surface area contributed by atoms with Crippen LogP contribution in [-0.4, -0.2) is 17.6 Å². The van der Waals surface area contributed by atoms with Crippen molar-refractivity contribution in [2.45, 2.75) is 6.42 Å². The molecule has 4 heteroatoms. The fourth-order valence-corrected chi connectivity index (χ4v) is 1.59. The van der Waals surface area contributed by atoms with Crippen molar-refractivity contribution in [3.63, 3.8) is 0 Å². The van der Waals surface area contributed by atoms with E-state index in [-0.39, 0.29) is 5.76 Å². The number of carbonyl (C=O) groups is 1. The first-order chi connectivity index (χ1) is 8.20. The van der Waals surface area contributed by atoms with Crippen LogP contribution in [-0.2, 0) is 0 Å². The van der Waals surface area contributed by atoms with Gasteiger partial charge in [0.2, 0.25) is 5.76 Å². The molecule has 0 aliphatic rings. The summed E-state index contributed by atoms with van der Waals surface area (Å²) in [5.41, 5.74) is 6.97. The first kappa shape index (κ1) is 11.4. The summed E-state index contributed by atoms with van der Waals surface area (Å²) in [6, 6.07) is 7.06. The highest BCUT2D eigenvalue weighted by atomic mass is 16.4. The summed E-state index contributed by atoms with van der Waals surface area (Å²) in [5.74, 6) is -1.09. The predicted molar refractivity (Wildman–Crippen MR) is 65.9 cm³/mol. The second kappa shape index (κ2) is 4.84. The van der Waals surface area contributed by atoms with Crippen LogP contribution in [0.25, 0.3) is 17.0 Å². The minimum Gasteiger partial charge on any atom is -0.475 e. The quantitative estimate of drug-likeness (QED) is 0.847. The Morgan fingerprint density at radius 1 is 1.41 bits per heavy atom. The van der Waals surface area contributed by atoms with Gasteiger partial charge in [0, 0.05) is 5.39 Å². The van der Waals surface area contributed by atoms with Crippen LogP contribution in [0.5, 0.6) is 0 Å². The molecule has 0 bridgehead atoms. The number of nitrogens with two attached hydrogens (primary N) is 1. The van der Waals surface area contributed by atoms with Gasteiger partial charge in [-0.15, -0.1) is 0 Å². The highest BCUT2D eigenvalue weighted by molar-refractivity contribution is 5.92. The fourth-order valence-electron chi connectivity index (χ4n) is 1.59. The molecule has 2 aromatic rings. The number of furan rings is 1. The van der Waals surface area contributed by atoms with Crippen LogP contribution in [0.15, 0.2) is 34.8 Å². The van der Waals surface area contributed by atoms with Gasteiger partial charge in [0.25, 0.3) is 0 Å². The number of carboxylic acid groups (broad SMARTS) is 1. The molecule has 2 rings (SSSR count). The molecule has 0 aliphatic heterocycles. The normalized spacial score (nSPS) is 11.4. The average molecular weight is 231 g/mol. The predicted octanol–water partition coefficient (Wildman–Crippen LogP) is 2.49. The lowest BCUT2D eigenvalue weighted by Gasteiger charge is -1.93. The molecular weight excluding hydrogens is 218 g/mol. The van der Waals surface area contributed by atoms with E-state index in [4.69, 9.17) is 15.3 Å². The summed E-state index contributed by atoms with van der Waals surface area (Å²) in [5, 5.41) is 9.60. The van der Waals surface area contributed by atoms with E-state index in [1.165, 1.54) is 6.07 Å². The summed E-state index contributed by atoms with van der Waals surface area (Å²) in [6.45, 7) is 0.619. The molecule has 88 valence electrons. The highest BCUT2D eigenvalue weighted by Gasteiger charge is 2.09. The molecule has 0 amide bonds. The van der Waals surface area contributed by atoms with E-state index in [9.17, 15) is 4.79 Å². The van der Waals surface area contributed by atoms with Gasteiger partial charge < -0.3 is 15.3 Å². The van der Waals surface area contributed by atoms with Crippen molar-refractivity contribution in [2.75, 3.05) is 6.54 Å². The maximum atomic E-state index is 10.7. The lowest BCUT2D eigenvalue weighted by molar-refractivity contribution is 0.0665. The van der Waals surface area contributed by atoms with Crippen molar-refractivity contribution in [1.82, 2.24) is 0 Å². The Labute approximate surface area is 98.3 Å².